The Labute approximate surface area is 90.5 Å². The van der Waals surface area contributed by atoms with E-state index in [0.717, 1.165) is 0 Å². The monoisotopic (exact) mass is 214 g/mol. The number of methoxy groups -OCH3 is 2. The number of carbonyl (C=O) groups is 1. The summed E-state index contributed by atoms with van der Waals surface area (Å²) in [6.07, 6.45) is 4.66. The lowest BCUT2D eigenvalue weighted by Crippen LogP contribution is -2.08. The molecular weight excluding hydrogens is 196 g/mol. The van der Waals surface area contributed by atoms with E-state index in [1.807, 2.05) is 0 Å². The van der Waals surface area contributed by atoms with Gasteiger partial charge in [0.05, 0.1) is 6.61 Å². The molecule has 0 heterocycles. The number of hydrogen-bond acceptors (Lipinski definition) is 4. The van der Waals surface area contributed by atoms with Crippen LogP contribution in [0, 0.1) is 0 Å². The summed E-state index contributed by atoms with van der Waals surface area (Å²) in [7, 11) is 3.08. The van der Waals surface area contributed by atoms with Crippen molar-refractivity contribution in [1.82, 2.24) is 0 Å². The van der Waals surface area contributed by atoms with E-state index in [0.29, 0.717) is 12.2 Å². The van der Waals surface area contributed by atoms with Crippen LogP contribution in [0.3, 0.4) is 0 Å². The van der Waals surface area contributed by atoms with Crippen molar-refractivity contribution in [2.75, 3.05) is 20.8 Å². The molecule has 0 aromatic carbocycles. The third-order valence-corrected chi connectivity index (χ3v) is 1.68. The lowest BCUT2D eigenvalue weighted by molar-refractivity contribution is -0.138. The van der Waals surface area contributed by atoms with Gasteiger partial charge in [-0.1, -0.05) is 12.2 Å². The maximum atomic E-state index is 11.2. The molecule has 0 N–H and O–H groups in total. The molecule has 4 nitrogen and oxygen atoms in total. The molecular formula is C11H18O4. The second-order valence-electron chi connectivity index (χ2n) is 2.79. The molecule has 15 heavy (non-hydrogen) atoms. The Balaban J connectivity index is 4.19. The molecule has 0 saturated carbocycles. The van der Waals surface area contributed by atoms with E-state index in [1.54, 1.807) is 46.3 Å². The van der Waals surface area contributed by atoms with Gasteiger partial charge >= 0.3 is 5.97 Å². The lowest BCUT2D eigenvalue weighted by atomic mass is 10.3. The summed E-state index contributed by atoms with van der Waals surface area (Å²) in [5, 5.41) is 0. The zero-order valence-corrected chi connectivity index (χ0v) is 9.65. The minimum atomic E-state index is -0.392. The Morgan fingerprint density at radius 1 is 1.33 bits per heavy atom. The molecule has 0 radical (unpaired) electrons. The zero-order chi connectivity index (χ0) is 11.7. The summed E-state index contributed by atoms with van der Waals surface area (Å²) in [6.45, 7) is 3.84. The minimum Gasteiger partial charge on any atom is -0.463 e. The average Bonchev–Trinajstić information content (AvgIpc) is 2.24. The average molecular weight is 214 g/mol. The molecule has 4 heteroatoms. The van der Waals surface area contributed by atoms with Gasteiger partial charge in [0, 0.05) is 19.8 Å². The Morgan fingerprint density at radius 2 is 1.93 bits per heavy atom. The highest BCUT2D eigenvalue weighted by Gasteiger charge is 2.02. The standard InChI is InChI=1S/C11H18O4/c1-5-15-11(12)9(2)7-6-8-10(13-3)14-4/h6-8,10H,5H2,1-4H3/b8-6+,9-7+. The second kappa shape index (κ2) is 8.20. The molecule has 0 aliphatic rings. The topological polar surface area (TPSA) is 44.8 Å². The maximum absolute atomic E-state index is 11.2. The normalized spacial score (nSPS) is 12.5. The Bertz CT molecular complexity index is 239. The Morgan fingerprint density at radius 3 is 2.40 bits per heavy atom. The van der Waals surface area contributed by atoms with E-state index < -0.39 is 6.29 Å². The van der Waals surface area contributed by atoms with Crippen LogP contribution in [0.4, 0.5) is 0 Å². The van der Waals surface area contributed by atoms with Gasteiger partial charge in [0.15, 0.2) is 6.29 Å². The number of ether oxygens (including phenoxy) is 3. The SMILES string of the molecule is CCOC(=O)/C(C)=C/C=C/C(OC)OC. The third kappa shape index (κ3) is 6.04. The summed E-state index contributed by atoms with van der Waals surface area (Å²) in [6, 6.07) is 0. The molecule has 0 aromatic heterocycles. The fraction of sp³-hybridized carbons (Fsp3) is 0.545. The van der Waals surface area contributed by atoms with Gasteiger partial charge in [-0.2, -0.15) is 0 Å². The molecule has 86 valence electrons. The molecule has 0 amide bonds. The lowest BCUT2D eigenvalue weighted by Gasteiger charge is -2.06. The van der Waals surface area contributed by atoms with Crippen molar-refractivity contribution in [3.05, 3.63) is 23.8 Å². The van der Waals surface area contributed by atoms with Crippen LogP contribution in [0.1, 0.15) is 13.8 Å². The number of esters is 1. The van der Waals surface area contributed by atoms with Gasteiger partial charge in [0.25, 0.3) is 0 Å². The van der Waals surface area contributed by atoms with E-state index in [2.05, 4.69) is 0 Å². The summed E-state index contributed by atoms with van der Waals surface area (Å²) in [5.74, 6) is -0.312. The van der Waals surface area contributed by atoms with E-state index >= 15 is 0 Å². The number of carbonyl (C=O) groups excluding carboxylic acids is 1. The predicted molar refractivity (Wildman–Crippen MR) is 57.3 cm³/mol. The fourth-order valence-electron chi connectivity index (χ4n) is 0.857. The summed E-state index contributed by atoms with van der Waals surface area (Å²) >= 11 is 0. The van der Waals surface area contributed by atoms with Crippen LogP contribution in [-0.4, -0.2) is 33.1 Å². The Hall–Kier alpha value is -1.13. The largest absolute Gasteiger partial charge is 0.463 e. The van der Waals surface area contributed by atoms with Gasteiger partial charge in [-0.15, -0.1) is 0 Å². The molecule has 0 saturated heterocycles. The van der Waals surface area contributed by atoms with E-state index in [4.69, 9.17) is 14.2 Å². The first-order valence-corrected chi connectivity index (χ1v) is 4.73. The van der Waals surface area contributed by atoms with Gasteiger partial charge in [-0.25, -0.2) is 4.79 Å². The fourth-order valence-corrected chi connectivity index (χ4v) is 0.857. The van der Waals surface area contributed by atoms with Crippen molar-refractivity contribution in [3.8, 4) is 0 Å². The van der Waals surface area contributed by atoms with Gasteiger partial charge in [-0.3, -0.25) is 0 Å². The Kier molecular flexibility index (Phi) is 7.58. The molecule has 0 rings (SSSR count). The highest BCUT2D eigenvalue weighted by Crippen LogP contribution is 1.99. The highest BCUT2D eigenvalue weighted by molar-refractivity contribution is 5.88. The molecule has 0 fully saturated rings. The first-order valence-electron chi connectivity index (χ1n) is 4.73. The van der Waals surface area contributed by atoms with Crippen molar-refractivity contribution in [1.29, 1.82) is 0 Å². The summed E-state index contributed by atoms with van der Waals surface area (Å²) in [4.78, 5) is 11.2. The van der Waals surface area contributed by atoms with Crippen molar-refractivity contribution < 1.29 is 19.0 Å². The zero-order valence-electron chi connectivity index (χ0n) is 9.65. The first kappa shape index (κ1) is 13.9. The van der Waals surface area contributed by atoms with Crippen LogP contribution in [0.15, 0.2) is 23.8 Å². The quantitative estimate of drug-likeness (QED) is 0.292. The molecule has 0 aromatic rings. The number of allylic oxidation sites excluding steroid dienone is 2. The van der Waals surface area contributed by atoms with Gasteiger partial charge in [-0.05, 0) is 19.9 Å². The van der Waals surface area contributed by atoms with Crippen molar-refractivity contribution in [3.63, 3.8) is 0 Å². The van der Waals surface area contributed by atoms with Crippen LogP contribution in [0.2, 0.25) is 0 Å². The molecule has 0 aliphatic heterocycles. The maximum Gasteiger partial charge on any atom is 0.333 e. The smallest absolute Gasteiger partial charge is 0.333 e. The molecule has 0 aliphatic carbocycles. The minimum absolute atomic E-state index is 0.312. The van der Waals surface area contributed by atoms with Crippen molar-refractivity contribution >= 4 is 5.97 Å². The van der Waals surface area contributed by atoms with E-state index in [1.165, 1.54) is 0 Å². The molecule has 0 unspecified atom stereocenters. The van der Waals surface area contributed by atoms with Crippen LogP contribution in [-0.2, 0) is 19.0 Å². The third-order valence-electron chi connectivity index (χ3n) is 1.68. The van der Waals surface area contributed by atoms with Crippen LogP contribution >= 0.6 is 0 Å². The second-order valence-corrected chi connectivity index (χ2v) is 2.79. The summed E-state index contributed by atoms with van der Waals surface area (Å²) in [5.41, 5.74) is 0.541. The number of hydrogen-bond donors (Lipinski definition) is 0. The van der Waals surface area contributed by atoms with Crippen molar-refractivity contribution in [2.45, 2.75) is 20.1 Å². The summed E-state index contributed by atoms with van der Waals surface area (Å²) < 4.78 is 14.7. The molecule has 0 bridgehead atoms. The van der Waals surface area contributed by atoms with E-state index in [-0.39, 0.29) is 5.97 Å². The van der Waals surface area contributed by atoms with Crippen molar-refractivity contribution in [2.24, 2.45) is 0 Å². The first-order chi connectivity index (χ1) is 7.15. The molecule has 0 spiro atoms. The van der Waals surface area contributed by atoms with E-state index in [9.17, 15) is 4.79 Å². The highest BCUT2D eigenvalue weighted by atomic mass is 16.7. The molecule has 0 atom stereocenters. The van der Waals surface area contributed by atoms with Gasteiger partial charge < -0.3 is 14.2 Å². The van der Waals surface area contributed by atoms with Gasteiger partial charge in [0.1, 0.15) is 0 Å². The number of rotatable bonds is 6. The predicted octanol–water partition coefficient (Wildman–Crippen LogP) is 1.67. The van der Waals surface area contributed by atoms with Crippen LogP contribution in [0.5, 0.6) is 0 Å². The van der Waals surface area contributed by atoms with Crippen LogP contribution in [0.25, 0.3) is 0 Å². The van der Waals surface area contributed by atoms with Gasteiger partial charge in [0.2, 0.25) is 0 Å². The van der Waals surface area contributed by atoms with Crippen LogP contribution < -0.4 is 0 Å².